The maximum Gasteiger partial charge on any atom is 0.584 e. The predicted octanol–water partition coefficient (Wildman–Crippen LogP) is 5.33. The summed E-state index contributed by atoms with van der Waals surface area (Å²) in [5, 5.41) is 0. The maximum absolute atomic E-state index is 13.1. The van der Waals surface area contributed by atoms with E-state index in [0.717, 1.165) is 16.7 Å². The number of ketones is 1. The Morgan fingerprint density at radius 1 is 0.812 bits per heavy atom. The lowest BCUT2D eigenvalue weighted by Gasteiger charge is -2.15. The summed E-state index contributed by atoms with van der Waals surface area (Å²) in [5.41, 5.74) is 3.68. The Kier molecular flexibility index (Phi) is 6.82. The molecular formula is C24H23O7P. The van der Waals surface area contributed by atoms with E-state index in [1.807, 2.05) is 32.9 Å². The van der Waals surface area contributed by atoms with Gasteiger partial charge in [0.2, 0.25) is 0 Å². The zero-order valence-corrected chi connectivity index (χ0v) is 19.0. The second kappa shape index (κ2) is 9.39. The maximum atomic E-state index is 13.1. The van der Waals surface area contributed by atoms with Gasteiger partial charge in [-0.1, -0.05) is 29.8 Å². The first-order valence-electron chi connectivity index (χ1n) is 9.77. The van der Waals surface area contributed by atoms with Crippen molar-refractivity contribution in [1.29, 1.82) is 0 Å². The summed E-state index contributed by atoms with van der Waals surface area (Å²) < 4.78 is 27.6. The number of hydrogen-bond acceptors (Lipinski definition) is 6. The van der Waals surface area contributed by atoms with Crippen molar-refractivity contribution in [2.24, 2.45) is 0 Å². The lowest BCUT2D eigenvalue weighted by molar-refractivity contribution is -0.131. The smallest absolute Gasteiger partial charge is 0.427 e. The molecule has 32 heavy (non-hydrogen) atoms. The molecule has 0 bridgehead atoms. The van der Waals surface area contributed by atoms with Gasteiger partial charge in [0, 0.05) is 18.1 Å². The van der Waals surface area contributed by atoms with Gasteiger partial charge in [-0.15, -0.1) is 0 Å². The largest absolute Gasteiger partial charge is 0.584 e. The van der Waals surface area contributed by atoms with E-state index in [2.05, 4.69) is 0 Å². The molecule has 0 spiro atoms. The average molecular weight is 454 g/mol. The Morgan fingerprint density at radius 3 is 1.97 bits per heavy atom. The summed E-state index contributed by atoms with van der Waals surface area (Å²) in [7, 11) is -4.55. The molecule has 166 valence electrons. The SMILES string of the molecule is CC(=O)Oc1ccc(OP(=O)(O)Oc2cccc(C(=O)c3c(C)cc(C)cc3C)c2)cc1. The third kappa shape index (κ3) is 5.84. The number of rotatable bonds is 7. The molecule has 0 aliphatic rings. The van der Waals surface area contributed by atoms with Crippen LogP contribution in [0.5, 0.6) is 17.2 Å². The molecule has 0 amide bonds. The van der Waals surface area contributed by atoms with Gasteiger partial charge in [-0.05, 0) is 68.3 Å². The van der Waals surface area contributed by atoms with Crippen molar-refractivity contribution in [3.63, 3.8) is 0 Å². The Labute approximate surface area is 186 Å². The quantitative estimate of drug-likeness (QED) is 0.223. The zero-order chi connectivity index (χ0) is 23.5. The van der Waals surface area contributed by atoms with E-state index in [4.69, 9.17) is 13.8 Å². The van der Waals surface area contributed by atoms with Gasteiger partial charge in [0.15, 0.2) is 5.78 Å². The fourth-order valence-corrected chi connectivity index (χ4v) is 4.20. The van der Waals surface area contributed by atoms with Crippen molar-refractivity contribution in [1.82, 2.24) is 0 Å². The van der Waals surface area contributed by atoms with E-state index in [1.165, 1.54) is 43.3 Å². The Hall–Kier alpha value is -3.41. The number of carbonyl (C=O) groups excluding carboxylic acids is 2. The van der Waals surface area contributed by atoms with E-state index in [9.17, 15) is 19.0 Å². The van der Waals surface area contributed by atoms with Crippen molar-refractivity contribution in [2.75, 3.05) is 0 Å². The van der Waals surface area contributed by atoms with Gasteiger partial charge in [0.1, 0.15) is 17.2 Å². The summed E-state index contributed by atoms with van der Waals surface area (Å²) in [6.45, 7) is 6.97. The summed E-state index contributed by atoms with van der Waals surface area (Å²) in [6, 6.07) is 15.5. The molecule has 1 atom stereocenters. The molecule has 7 nitrogen and oxygen atoms in total. The average Bonchev–Trinajstić information content (AvgIpc) is 2.68. The Bertz CT molecular complexity index is 1190. The van der Waals surface area contributed by atoms with Crippen LogP contribution in [0.3, 0.4) is 0 Å². The van der Waals surface area contributed by atoms with Gasteiger partial charge in [0.25, 0.3) is 0 Å². The number of esters is 1. The first kappa shape index (κ1) is 23.3. The van der Waals surface area contributed by atoms with Crippen molar-refractivity contribution >= 4 is 19.6 Å². The molecule has 0 aliphatic carbocycles. The number of phosphoric ester groups is 1. The number of benzene rings is 3. The second-order valence-corrected chi connectivity index (χ2v) is 8.65. The number of aryl methyl sites for hydroxylation is 3. The van der Waals surface area contributed by atoms with Gasteiger partial charge < -0.3 is 13.8 Å². The molecular weight excluding hydrogens is 431 g/mol. The second-order valence-electron chi connectivity index (χ2n) is 7.35. The highest BCUT2D eigenvalue weighted by atomic mass is 31.2. The van der Waals surface area contributed by atoms with E-state index < -0.39 is 13.8 Å². The summed E-state index contributed by atoms with van der Waals surface area (Å²) >= 11 is 0. The fraction of sp³-hybridized carbons (Fsp3) is 0.167. The Morgan fingerprint density at radius 2 is 1.38 bits per heavy atom. The van der Waals surface area contributed by atoms with Crippen LogP contribution < -0.4 is 13.8 Å². The van der Waals surface area contributed by atoms with Crippen LogP contribution in [0.1, 0.15) is 39.5 Å². The molecule has 3 rings (SSSR count). The molecule has 0 aliphatic heterocycles. The number of hydrogen-bond donors (Lipinski definition) is 1. The van der Waals surface area contributed by atoms with Gasteiger partial charge >= 0.3 is 13.8 Å². The molecule has 1 N–H and O–H groups in total. The normalized spacial score (nSPS) is 12.5. The molecule has 0 aromatic heterocycles. The highest BCUT2D eigenvalue weighted by Gasteiger charge is 2.26. The zero-order valence-electron chi connectivity index (χ0n) is 18.1. The van der Waals surface area contributed by atoms with Gasteiger partial charge in [-0.25, -0.2) is 4.57 Å². The highest BCUT2D eigenvalue weighted by Crippen LogP contribution is 2.44. The van der Waals surface area contributed by atoms with Gasteiger partial charge in [-0.2, -0.15) is 0 Å². The number of carbonyl (C=O) groups is 2. The standard InChI is InChI=1S/C24H23O7P/c1-15-12-16(2)23(17(3)13-15)24(26)19-6-5-7-22(14-19)31-32(27,28)30-21-10-8-20(9-11-21)29-18(4)25/h5-14H,1-4H3,(H,27,28). The predicted molar refractivity (Wildman–Crippen MR) is 119 cm³/mol. The third-order valence-electron chi connectivity index (χ3n) is 4.53. The summed E-state index contributed by atoms with van der Waals surface area (Å²) in [4.78, 5) is 34.2. The van der Waals surface area contributed by atoms with Crippen molar-refractivity contribution < 1.29 is 32.8 Å². The van der Waals surface area contributed by atoms with Crippen LogP contribution in [-0.2, 0) is 9.36 Å². The number of ether oxygens (including phenoxy) is 1. The summed E-state index contributed by atoms with van der Waals surface area (Å²) in [6.07, 6.45) is 0. The molecule has 1 unspecified atom stereocenters. The Balaban J connectivity index is 1.77. The lowest BCUT2D eigenvalue weighted by Crippen LogP contribution is -2.07. The minimum atomic E-state index is -4.55. The molecule has 0 saturated carbocycles. The highest BCUT2D eigenvalue weighted by molar-refractivity contribution is 7.48. The van der Waals surface area contributed by atoms with Gasteiger partial charge in [0.05, 0.1) is 0 Å². The first-order valence-corrected chi connectivity index (χ1v) is 11.3. The van der Waals surface area contributed by atoms with Crippen LogP contribution in [0.2, 0.25) is 0 Å². The molecule has 8 heteroatoms. The van der Waals surface area contributed by atoms with Crippen molar-refractivity contribution in [3.8, 4) is 17.2 Å². The first-order chi connectivity index (χ1) is 15.0. The van der Waals surface area contributed by atoms with E-state index in [0.29, 0.717) is 11.1 Å². The minimum absolute atomic E-state index is 0.0145. The third-order valence-corrected chi connectivity index (χ3v) is 5.41. The molecule has 3 aromatic rings. The molecule has 0 saturated heterocycles. The van der Waals surface area contributed by atoms with E-state index in [-0.39, 0.29) is 23.0 Å². The van der Waals surface area contributed by atoms with E-state index in [1.54, 1.807) is 12.1 Å². The van der Waals surface area contributed by atoms with Crippen LogP contribution in [0.4, 0.5) is 0 Å². The van der Waals surface area contributed by atoms with E-state index >= 15 is 0 Å². The fourth-order valence-electron chi connectivity index (χ4n) is 3.40. The van der Waals surface area contributed by atoms with Crippen molar-refractivity contribution in [2.45, 2.75) is 27.7 Å². The molecule has 0 heterocycles. The van der Waals surface area contributed by atoms with Crippen LogP contribution in [-0.4, -0.2) is 16.6 Å². The van der Waals surface area contributed by atoms with Gasteiger partial charge in [-0.3, -0.25) is 14.5 Å². The van der Waals surface area contributed by atoms with Crippen LogP contribution in [0.15, 0.2) is 60.7 Å². The monoisotopic (exact) mass is 454 g/mol. The molecule has 0 radical (unpaired) electrons. The van der Waals surface area contributed by atoms with Crippen LogP contribution in [0, 0.1) is 20.8 Å². The minimum Gasteiger partial charge on any atom is -0.427 e. The summed E-state index contributed by atoms with van der Waals surface area (Å²) in [5.74, 6) is -0.363. The van der Waals surface area contributed by atoms with Crippen molar-refractivity contribution in [3.05, 3.63) is 88.5 Å². The molecule has 0 fully saturated rings. The van der Waals surface area contributed by atoms with Crippen LogP contribution >= 0.6 is 7.82 Å². The topological polar surface area (TPSA) is 99.1 Å². The molecule has 3 aromatic carbocycles. The number of phosphoric acid groups is 1. The lowest BCUT2D eigenvalue weighted by atomic mass is 9.93. The van der Waals surface area contributed by atoms with Crippen LogP contribution in [0.25, 0.3) is 0 Å².